The number of aryl methyl sites for hydroxylation is 2. The number of benzene rings is 2. The zero-order valence-electron chi connectivity index (χ0n) is 14.8. The Kier molecular flexibility index (Phi) is 5.38. The lowest BCUT2D eigenvalue weighted by Crippen LogP contribution is -2.26. The van der Waals surface area contributed by atoms with Crippen LogP contribution in [0.3, 0.4) is 0 Å². The van der Waals surface area contributed by atoms with Crippen molar-refractivity contribution in [1.29, 1.82) is 0 Å². The van der Waals surface area contributed by atoms with E-state index in [4.69, 9.17) is 4.42 Å². The highest BCUT2D eigenvalue weighted by Gasteiger charge is 2.17. The molecule has 0 amide bonds. The average molecular weight is 392 g/mol. The van der Waals surface area contributed by atoms with Crippen molar-refractivity contribution in [2.45, 2.75) is 25.2 Å². The van der Waals surface area contributed by atoms with Crippen LogP contribution < -0.4 is 4.72 Å². The lowest BCUT2D eigenvalue weighted by Gasteiger charge is -2.07. The third kappa shape index (κ3) is 4.23. The molecule has 1 aromatic heterocycles. The predicted molar refractivity (Wildman–Crippen MR) is 96.7 cm³/mol. The van der Waals surface area contributed by atoms with Gasteiger partial charge in [0, 0.05) is 13.0 Å². The SMILES string of the molecule is Cc1cc(S(=O)(=O)NCCc2nc(-c3ccccc3F)oc2C)ccc1F. The van der Waals surface area contributed by atoms with Crippen LogP contribution in [0.2, 0.25) is 0 Å². The molecule has 0 spiro atoms. The van der Waals surface area contributed by atoms with Crippen LogP contribution in [0.15, 0.2) is 51.8 Å². The summed E-state index contributed by atoms with van der Waals surface area (Å²) in [4.78, 5) is 4.26. The summed E-state index contributed by atoms with van der Waals surface area (Å²) < 4.78 is 59.8. The van der Waals surface area contributed by atoms with Crippen LogP contribution >= 0.6 is 0 Å². The van der Waals surface area contributed by atoms with Gasteiger partial charge < -0.3 is 4.42 Å². The maximum Gasteiger partial charge on any atom is 0.240 e. The molecule has 0 unspecified atom stereocenters. The summed E-state index contributed by atoms with van der Waals surface area (Å²) in [6, 6.07) is 9.72. The van der Waals surface area contributed by atoms with E-state index < -0.39 is 21.7 Å². The number of rotatable bonds is 6. The molecule has 8 heteroatoms. The van der Waals surface area contributed by atoms with E-state index in [0.717, 1.165) is 6.07 Å². The molecular weight excluding hydrogens is 374 g/mol. The molecule has 2 aromatic carbocycles. The van der Waals surface area contributed by atoms with E-state index in [-0.39, 0.29) is 34.9 Å². The Morgan fingerprint density at radius 3 is 2.52 bits per heavy atom. The third-order valence-electron chi connectivity index (χ3n) is 4.09. The Morgan fingerprint density at radius 2 is 1.81 bits per heavy atom. The van der Waals surface area contributed by atoms with E-state index in [1.807, 2.05) is 0 Å². The number of aromatic nitrogens is 1. The van der Waals surface area contributed by atoms with Crippen molar-refractivity contribution in [3.63, 3.8) is 0 Å². The molecule has 0 aliphatic heterocycles. The standard InChI is InChI=1S/C19H18F2N2O3S/c1-12-11-14(7-8-16(12)20)27(24,25)22-10-9-18-13(2)26-19(23-18)15-5-3-4-6-17(15)21/h3-8,11,22H,9-10H2,1-2H3. The largest absolute Gasteiger partial charge is 0.441 e. The van der Waals surface area contributed by atoms with Crippen molar-refractivity contribution < 1.29 is 21.6 Å². The minimum absolute atomic E-state index is 0.00896. The Morgan fingerprint density at radius 1 is 1.07 bits per heavy atom. The van der Waals surface area contributed by atoms with Gasteiger partial charge in [-0.15, -0.1) is 0 Å². The van der Waals surface area contributed by atoms with E-state index in [1.165, 1.54) is 25.1 Å². The Labute approximate surface area is 156 Å². The average Bonchev–Trinajstić information content (AvgIpc) is 2.98. The van der Waals surface area contributed by atoms with Gasteiger partial charge in [0.1, 0.15) is 17.4 Å². The zero-order chi connectivity index (χ0) is 19.6. The van der Waals surface area contributed by atoms with Crippen LogP contribution in [0.4, 0.5) is 8.78 Å². The number of nitrogens with zero attached hydrogens (tertiary/aromatic N) is 1. The molecule has 0 bridgehead atoms. The molecule has 0 fully saturated rings. The number of halogens is 2. The van der Waals surface area contributed by atoms with Crippen LogP contribution in [-0.4, -0.2) is 19.9 Å². The van der Waals surface area contributed by atoms with Crippen LogP contribution in [0.1, 0.15) is 17.0 Å². The van der Waals surface area contributed by atoms with E-state index in [2.05, 4.69) is 9.71 Å². The van der Waals surface area contributed by atoms with E-state index >= 15 is 0 Å². The Hall–Kier alpha value is -2.58. The fraction of sp³-hybridized carbons (Fsp3) is 0.211. The molecule has 0 atom stereocenters. The van der Waals surface area contributed by atoms with Gasteiger partial charge in [-0.2, -0.15) is 0 Å². The van der Waals surface area contributed by atoms with Gasteiger partial charge in [0.25, 0.3) is 0 Å². The normalized spacial score (nSPS) is 11.7. The Bertz CT molecular complexity index is 1080. The lowest BCUT2D eigenvalue weighted by atomic mass is 10.2. The number of nitrogens with one attached hydrogen (secondary N) is 1. The highest BCUT2D eigenvalue weighted by molar-refractivity contribution is 7.89. The molecule has 1 N–H and O–H groups in total. The molecular formula is C19H18F2N2O3S. The summed E-state index contributed by atoms with van der Waals surface area (Å²) >= 11 is 0. The van der Waals surface area contributed by atoms with Crippen molar-refractivity contribution in [3.8, 4) is 11.5 Å². The summed E-state index contributed by atoms with van der Waals surface area (Å²) in [5.41, 5.74) is 1.03. The summed E-state index contributed by atoms with van der Waals surface area (Å²) in [6.07, 6.45) is 0.267. The second-order valence-electron chi connectivity index (χ2n) is 6.06. The van der Waals surface area contributed by atoms with Crippen LogP contribution in [0, 0.1) is 25.5 Å². The van der Waals surface area contributed by atoms with Gasteiger partial charge in [-0.1, -0.05) is 12.1 Å². The van der Waals surface area contributed by atoms with Crippen molar-refractivity contribution in [3.05, 3.63) is 71.1 Å². The Balaban J connectivity index is 1.70. The molecule has 0 saturated heterocycles. The fourth-order valence-corrected chi connectivity index (χ4v) is 3.70. The summed E-state index contributed by atoms with van der Waals surface area (Å²) in [7, 11) is -3.77. The molecule has 142 valence electrons. The van der Waals surface area contributed by atoms with Gasteiger partial charge >= 0.3 is 0 Å². The first kappa shape index (κ1) is 19.2. The van der Waals surface area contributed by atoms with Crippen LogP contribution in [0.25, 0.3) is 11.5 Å². The van der Waals surface area contributed by atoms with Gasteiger partial charge in [-0.25, -0.2) is 26.9 Å². The molecule has 0 saturated carbocycles. The van der Waals surface area contributed by atoms with E-state index in [9.17, 15) is 17.2 Å². The highest BCUT2D eigenvalue weighted by Crippen LogP contribution is 2.24. The highest BCUT2D eigenvalue weighted by atomic mass is 32.2. The number of hydrogen-bond donors (Lipinski definition) is 1. The van der Waals surface area contributed by atoms with Crippen molar-refractivity contribution in [1.82, 2.24) is 9.71 Å². The van der Waals surface area contributed by atoms with Gasteiger partial charge in [0.2, 0.25) is 15.9 Å². The first-order valence-corrected chi connectivity index (χ1v) is 9.73. The number of oxazole rings is 1. The summed E-state index contributed by atoms with van der Waals surface area (Å²) in [5.74, 6) is -0.270. The van der Waals surface area contributed by atoms with Crippen molar-refractivity contribution in [2.24, 2.45) is 0 Å². The number of sulfonamides is 1. The first-order chi connectivity index (χ1) is 12.8. The predicted octanol–water partition coefficient (Wildman–Crippen LogP) is 3.76. The summed E-state index contributed by atoms with van der Waals surface area (Å²) in [5, 5.41) is 0. The van der Waals surface area contributed by atoms with Gasteiger partial charge in [-0.3, -0.25) is 0 Å². The van der Waals surface area contributed by atoms with E-state index in [1.54, 1.807) is 25.1 Å². The third-order valence-corrected chi connectivity index (χ3v) is 5.55. The second-order valence-corrected chi connectivity index (χ2v) is 7.83. The second kappa shape index (κ2) is 7.58. The number of hydrogen-bond acceptors (Lipinski definition) is 4. The molecule has 27 heavy (non-hydrogen) atoms. The smallest absolute Gasteiger partial charge is 0.240 e. The molecule has 0 aliphatic carbocycles. The summed E-state index contributed by atoms with van der Waals surface area (Å²) in [6.45, 7) is 3.25. The molecule has 3 rings (SSSR count). The maximum atomic E-state index is 13.9. The van der Waals surface area contributed by atoms with E-state index in [0.29, 0.717) is 11.5 Å². The van der Waals surface area contributed by atoms with Crippen molar-refractivity contribution in [2.75, 3.05) is 6.54 Å². The van der Waals surface area contributed by atoms with Crippen LogP contribution in [-0.2, 0) is 16.4 Å². The fourth-order valence-electron chi connectivity index (χ4n) is 2.58. The van der Waals surface area contributed by atoms with Gasteiger partial charge in [0.05, 0.1) is 16.2 Å². The molecule has 3 aromatic rings. The molecule has 0 aliphatic rings. The maximum absolute atomic E-state index is 13.9. The van der Waals surface area contributed by atoms with Gasteiger partial charge in [-0.05, 0) is 49.7 Å². The topological polar surface area (TPSA) is 72.2 Å². The minimum atomic E-state index is -3.77. The van der Waals surface area contributed by atoms with Crippen LogP contribution in [0.5, 0.6) is 0 Å². The monoisotopic (exact) mass is 392 g/mol. The first-order valence-electron chi connectivity index (χ1n) is 8.25. The van der Waals surface area contributed by atoms with Gasteiger partial charge in [0.15, 0.2) is 0 Å². The molecule has 5 nitrogen and oxygen atoms in total. The minimum Gasteiger partial charge on any atom is -0.441 e. The quantitative estimate of drug-likeness (QED) is 0.693. The molecule has 1 heterocycles. The lowest BCUT2D eigenvalue weighted by molar-refractivity contribution is 0.531. The zero-order valence-corrected chi connectivity index (χ0v) is 15.6. The molecule has 0 radical (unpaired) electrons. The van der Waals surface area contributed by atoms with Crippen molar-refractivity contribution >= 4 is 10.0 Å².